The quantitative estimate of drug-likeness (QED) is 0.463. The zero-order valence-electron chi connectivity index (χ0n) is 13.1. The Balaban J connectivity index is 2.04. The van der Waals surface area contributed by atoms with E-state index in [1.54, 1.807) is 49.4 Å². The van der Waals surface area contributed by atoms with Crippen molar-refractivity contribution < 1.29 is 15.0 Å². The van der Waals surface area contributed by atoms with Crippen molar-refractivity contribution in [2.45, 2.75) is 13.0 Å². The fourth-order valence-corrected chi connectivity index (χ4v) is 2.55. The molecule has 2 aromatic rings. The predicted molar refractivity (Wildman–Crippen MR) is 98.6 cm³/mol. The first kappa shape index (κ1) is 18.0. The minimum Gasteiger partial charge on any atom is -0.508 e. The van der Waals surface area contributed by atoms with E-state index >= 15 is 0 Å². The lowest BCUT2D eigenvalue weighted by atomic mass is 9.96. The molecule has 0 spiro atoms. The molecule has 5 nitrogen and oxygen atoms in total. The minimum atomic E-state index is -0.937. The third-order valence-electron chi connectivity index (χ3n) is 3.58. The van der Waals surface area contributed by atoms with Crippen molar-refractivity contribution in [1.29, 1.82) is 0 Å². The standard InChI is InChI=1S/C18H19BrN2O3/c1-11(18(24)13-10-12(19)7-8-16(13)22)6-9-17(23)21-15-5-3-2-4-14(15)20/h2-11,18,22,24H,20H2,1H3,(H,21,23)/b9-6+/t11-,18-/m0/s1. The molecule has 0 saturated heterocycles. The van der Waals surface area contributed by atoms with Crippen LogP contribution in [0.2, 0.25) is 0 Å². The molecule has 6 heteroatoms. The lowest BCUT2D eigenvalue weighted by molar-refractivity contribution is -0.111. The summed E-state index contributed by atoms with van der Waals surface area (Å²) in [6, 6.07) is 11.8. The van der Waals surface area contributed by atoms with Crippen molar-refractivity contribution in [1.82, 2.24) is 0 Å². The van der Waals surface area contributed by atoms with E-state index in [-0.39, 0.29) is 17.6 Å². The Kier molecular flexibility index (Phi) is 6.00. The van der Waals surface area contributed by atoms with Crippen LogP contribution in [0, 0.1) is 5.92 Å². The second-order valence-corrected chi connectivity index (χ2v) is 6.36. The summed E-state index contributed by atoms with van der Waals surface area (Å²) in [7, 11) is 0. The zero-order valence-corrected chi connectivity index (χ0v) is 14.7. The number of aliphatic hydroxyl groups is 1. The highest BCUT2D eigenvalue weighted by Crippen LogP contribution is 2.32. The van der Waals surface area contributed by atoms with Gasteiger partial charge in [-0.1, -0.05) is 41.1 Å². The molecule has 5 N–H and O–H groups in total. The van der Waals surface area contributed by atoms with E-state index in [1.807, 2.05) is 0 Å². The lowest BCUT2D eigenvalue weighted by Gasteiger charge is -2.17. The number of carbonyl (C=O) groups excluding carboxylic acids is 1. The number of halogens is 1. The Morgan fingerprint density at radius 1 is 1.29 bits per heavy atom. The molecular weight excluding hydrogens is 372 g/mol. The number of carbonyl (C=O) groups is 1. The third-order valence-corrected chi connectivity index (χ3v) is 4.07. The number of phenolic OH excluding ortho intramolecular Hbond substituents is 1. The topological polar surface area (TPSA) is 95.6 Å². The summed E-state index contributed by atoms with van der Waals surface area (Å²) in [5.74, 6) is -0.707. The molecule has 2 rings (SSSR count). The number of nitrogens with two attached hydrogens (primary N) is 1. The number of nitrogens with one attached hydrogen (secondary N) is 1. The summed E-state index contributed by atoms with van der Waals surface area (Å²) in [5, 5.41) is 22.9. The second-order valence-electron chi connectivity index (χ2n) is 5.44. The van der Waals surface area contributed by atoms with Gasteiger partial charge >= 0.3 is 0 Å². The smallest absolute Gasteiger partial charge is 0.248 e. The summed E-state index contributed by atoms with van der Waals surface area (Å²) >= 11 is 3.30. The molecule has 0 aliphatic rings. The van der Waals surface area contributed by atoms with E-state index < -0.39 is 6.10 Å². The predicted octanol–water partition coefficient (Wildman–Crippen LogP) is 3.60. The molecule has 0 heterocycles. The van der Waals surface area contributed by atoms with Gasteiger partial charge < -0.3 is 21.3 Å². The number of rotatable bonds is 5. The number of phenols is 1. The summed E-state index contributed by atoms with van der Waals surface area (Å²) in [6.07, 6.45) is 1.99. The van der Waals surface area contributed by atoms with Crippen LogP contribution in [0.3, 0.4) is 0 Å². The highest BCUT2D eigenvalue weighted by molar-refractivity contribution is 9.10. The molecule has 0 aliphatic carbocycles. The van der Waals surface area contributed by atoms with Crippen molar-refractivity contribution in [3.63, 3.8) is 0 Å². The number of amides is 1. The summed E-state index contributed by atoms with van der Waals surface area (Å²) in [6.45, 7) is 1.76. The highest BCUT2D eigenvalue weighted by Gasteiger charge is 2.18. The monoisotopic (exact) mass is 390 g/mol. The average Bonchev–Trinajstić information content (AvgIpc) is 2.56. The largest absolute Gasteiger partial charge is 0.508 e. The van der Waals surface area contributed by atoms with Crippen molar-refractivity contribution in [2.75, 3.05) is 11.1 Å². The Hall–Kier alpha value is -2.31. The van der Waals surface area contributed by atoms with Gasteiger partial charge in [0.15, 0.2) is 0 Å². The molecule has 0 aliphatic heterocycles. The van der Waals surface area contributed by atoms with E-state index in [4.69, 9.17) is 5.73 Å². The summed E-state index contributed by atoms with van der Waals surface area (Å²) in [5.41, 5.74) is 7.18. The third kappa shape index (κ3) is 4.59. The first-order valence-electron chi connectivity index (χ1n) is 7.38. The summed E-state index contributed by atoms with van der Waals surface area (Å²) in [4.78, 5) is 12.0. The normalized spacial score (nSPS) is 13.6. The highest BCUT2D eigenvalue weighted by atomic mass is 79.9. The van der Waals surface area contributed by atoms with E-state index in [2.05, 4.69) is 21.2 Å². The number of para-hydroxylation sites is 2. The van der Waals surface area contributed by atoms with Gasteiger partial charge in [0.2, 0.25) is 5.91 Å². The van der Waals surface area contributed by atoms with Gasteiger partial charge in [-0.05, 0) is 36.4 Å². The maximum Gasteiger partial charge on any atom is 0.248 e. The van der Waals surface area contributed by atoms with Crippen LogP contribution in [0.4, 0.5) is 11.4 Å². The van der Waals surface area contributed by atoms with Crippen LogP contribution in [0.25, 0.3) is 0 Å². The van der Waals surface area contributed by atoms with Crippen LogP contribution >= 0.6 is 15.9 Å². The SMILES string of the molecule is C[C@@H](/C=C/C(=O)Nc1ccccc1N)[C@H](O)c1cc(Br)ccc1O. The molecule has 24 heavy (non-hydrogen) atoms. The Morgan fingerprint density at radius 2 is 2.00 bits per heavy atom. The molecule has 0 aromatic heterocycles. The number of nitrogen functional groups attached to an aromatic ring is 1. The maximum absolute atomic E-state index is 12.0. The molecule has 126 valence electrons. The molecule has 1 amide bonds. The first-order valence-corrected chi connectivity index (χ1v) is 8.18. The van der Waals surface area contributed by atoms with Gasteiger partial charge in [-0.15, -0.1) is 0 Å². The maximum atomic E-state index is 12.0. The van der Waals surface area contributed by atoms with Crippen LogP contribution in [0.15, 0.2) is 59.1 Å². The molecule has 0 radical (unpaired) electrons. The Morgan fingerprint density at radius 3 is 2.71 bits per heavy atom. The van der Waals surface area contributed by atoms with Crippen LogP contribution in [0.5, 0.6) is 5.75 Å². The average molecular weight is 391 g/mol. The second kappa shape index (κ2) is 7.99. The van der Waals surface area contributed by atoms with E-state index in [0.717, 1.165) is 4.47 Å². The van der Waals surface area contributed by atoms with Gasteiger partial charge in [0.1, 0.15) is 5.75 Å². The van der Waals surface area contributed by atoms with Crippen LogP contribution < -0.4 is 11.1 Å². The van der Waals surface area contributed by atoms with Crippen molar-refractivity contribution >= 4 is 33.2 Å². The number of anilines is 2. The van der Waals surface area contributed by atoms with Gasteiger partial charge in [-0.2, -0.15) is 0 Å². The number of hydrogen-bond acceptors (Lipinski definition) is 4. The van der Waals surface area contributed by atoms with Crippen molar-refractivity contribution in [3.05, 3.63) is 64.7 Å². The van der Waals surface area contributed by atoms with Gasteiger partial charge in [0.05, 0.1) is 17.5 Å². The number of aromatic hydroxyl groups is 1. The van der Waals surface area contributed by atoms with Crippen LogP contribution in [0.1, 0.15) is 18.6 Å². The van der Waals surface area contributed by atoms with Crippen LogP contribution in [-0.4, -0.2) is 16.1 Å². The molecule has 2 aromatic carbocycles. The molecule has 0 bridgehead atoms. The van der Waals surface area contributed by atoms with Gasteiger partial charge in [0.25, 0.3) is 0 Å². The van der Waals surface area contributed by atoms with Gasteiger partial charge in [-0.25, -0.2) is 0 Å². The fourth-order valence-electron chi connectivity index (χ4n) is 2.18. The van der Waals surface area contributed by atoms with E-state index in [9.17, 15) is 15.0 Å². The van der Waals surface area contributed by atoms with Crippen molar-refractivity contribution in [2.24, 2.45) is 5.92 Å². The molecular formula is C18H19BrN2O3. The molecule has 0 fully saturated rings. The fraction of sp³-hybridized carbons (Fsp3) is 0.167. The van der Waals surface area contributed by atoms with Crippen molar-refractivity contribution in [3.8, 4) is 5.75 Å². The number of benzene rings is 2. The Bertz CT molecular complexity index is 762. The molecule has 0 saturated carbocycles. The number of hydrogen-bond donors (Lipinski definition) is 4. The number of aliphatic hydroxyl groups excluding tert-OH is 1. The molecule has 0 unspecified atom stereocenters. The van der Waals surface area contributed by atoms with Gasteiger partial charge in [-0.3, -0.25) is 4.79 Å². The first-order chi connectivity index (χ1) is 11.4. The zero-order chi connectivity index (χ0) is 17.7. The Labute approximate surface area is 148 Å². The minimum absolute atomic E-state index is 0.00691. The van der Waals surface area contributed by atoms with Gasteiger partial charge in [0, 0.05) is 16.0 Å². The van der Waals surface area contributed by atoms with E-state index in [0.29, 0.717) is 16.9 Å². The van der Waals surface area contributed by atoms with E-state index in [1.165, 1.54) is 12.1 Å². The summed E-state index contributed by atoms with van der Waals surface area (Å²) < 4.78 is 0.753. The molecule has 2 atom stereocenters. The lowest BCUT2D eigenvalue weighted by Crippen LogP contribution is -2.12. The van der Waals surface area contributed by atoms with Crippen LogP contribution in [-0.2, 0) is 4.79 Å².